The number of fused-ring (bicyclic) bond motifs is 1. The van der Waals surface area contributed by atoms with E-state index in [0.29, 0.717) is 0 Å². The lowest BCUT2D eigenvalue weighted by atomic mass is 9.80. The van der Waals surface area contributed by atoms with Gasteiger partial charge >= 0.3 is 0 Å². The lowest BCUT2D eigenvalue weighted by Gasteiger charge is -2.18. The van der Waals surface area contributed by atoms with E-state index in [1.165, 1.54) is 22.5 Å². The van der Waals surface area contributed by atoms with Crippen molar-refractivity contribution in [3.05, 3.63) is 59.7 Å². The van der Waals surface area contributed by atoms with Gasteiger partial charge in [-0.25, -0.2) is 4.58 Å². The Balaban J connectivity index is 1.78. The molecule has 0 fully saturated rings. The topological polar surface area (TPSA) is 15.4 Å². The number of aliphatic imine (C=N–C) groups is 1. The molecule has 3 rings (SSSR count). The predicted molar refractivity (Wildman–Crippen MR) is 108 cm³/mol. The minimum absolute atomic E-state index is 0.0491. The van der Waals surface area contributed by atoms with Gasteiger partial charge in [0.15, 0.2) is 5.71 Å². The van der Waals surface area contributed by atoms with E-state index in [1.54, 1.807) is 0 Å². The Hall–Kier alpha value is -2.22. The van der Waals surface area contributed by atoms with Crippen LogP contribution in [0.5, 0.6) is 0 Å². The SMILES string of the molecule is C[N+]1=C(CC=Nc2ccc(C(C)(C)C)cc2)C(C)(C)c2ccccc21. The maximum absolute atomic E-state index is 4.68. The molecule has 0 atom stereocenters. The zero-order chi connectivity index (χ0) is 18.2. The lowest BCUT2D eigenvalue weighted by Crippen LogP contribution is -2.28. The minimum atomic E-state index is 0.0491. The predicted octanol–water partition coefficient (Wildman–Crippen LogP) is 5.78. The van der Waals surface area contributed by atoms with Gasteiger partial charge in [-0.15, -0.1) is 0 Å². The molecule has 2 nitrogen and oxygen atoms in total. The first-order chi connectivity index (χ1) is 11.7. The van der Waals surface area contributed by atoms with E-state index in [2.05, 4.69) is 99.8 Å². The first kappa shape index (κ1) is 17.6. The fraction of sp³-hybridized carbons (Fsp3) is 0.391. The van der Waals surface area contributed by atoms with Crippen LogP contribution in [0.4, 0.5) is 11.4 Å². The Morgan fingerprint density at radius 3 is 2.24 bits per heavy atom. The maximum atomic E-state index is 4.68. The summed E-state index contributed by atoms with van der Waals surface area (Å²) >= 11 is 0. The molecule has 0 aromatic heterocycles. The van der Waals surface area contributed by atoms with E-state index in [1.807, 2.05) is 6.21 Å². The summed E-state index contributed by atoms with van der Waals surface area (Å²) in [6.45, 7) is 11.3. The molecule has 25 heavy (non-hydrogen) atoms. The van der Waals surface area contributed by atoms with Gasteiger partial charge in [-0.2, -0.15) is 0 Å². The summed E-state index contributed by atoms with van der Waals surface area (Å²) < 4.78 is 2.32. The van der Waals surface area contributed by atoms with Crippen molar-refractivity contribution in [2.75, 3.05) is 7.05 Å². The number of hydrogen-bond donors (Lipinski definition) is 0. The van der Waals surface area contributed by atoms with Crippen molar-refractivity contribution in [3.63, 3.8) is 0 Å². The van der Waals surface area contributed by atoms with Crippen molar-refractivity contribution in [3.8, 4) is 0 Å². The number of rotatable bonds is 3. The number of nitrogens with zero attached hydrogens (tertiary/aromatic N) is 2. The average Bonchev–Trinajstić information content (AvgIpc) is 2.76. The summed E-state index contributed by atoms with van der Waals surface area (Å²) in [7, 11) is 2.16. The van der Waals surface area contributed by atoms with Crippen LogP contribution < -0.4 is 0 Å². The quantitative estimate of drug-likeness (QED) is 0.499. The summed E-state index contributed by atoms with van der Waals surface area (Å²) in [5.74, 6) is 0. The van der Waals surface area contributed by atoms with Crippen molar-refractivity contribution in [1.82, 2.24) is 0 Å². The fourth-order valence-corrected chi connectivity index (χ4v) is 3.69. The molecular weight excluding hydrogens is 304 g/mol. The van der Waals surface area contributed by atoms with Gasteiger partial charge in [0.1, 0.15) is 7.05 Å². The van der Waals surface area contributed by atoms with E-state index in [9.17, 15) is 0 Å². The third-order valence-electron chi connectivity index (χ3n) is 5.32. The van der Waals surface area contributed by atoms with E-state index in [0.717, 1.165) is 12.1 Å². The Bertz CT molecular complexity index is 831. The van der Waals surface area contributed by atoms with E-state index in [-0.39, 0.29) is 10.8 Å². The monoisotopic (exact) mass is 333 g/mol. The smallest absolute Gasteiger partial charge is 0.209 e. The molecule has 1 aliphatic rings. The van der Waals surface area contributed by atoms with Gasteiger partial charge in [-0.3, -0.25) is 4.99 Å². The molecule has 1 heterocycles. The summed E-state index contributed by atoms with van der Waals surface area (Å²) in [5.41, 5.74) is 6.69. The van der Waals surface area contributed by atoms with Crippen molar-refractivity contribution in [2.24, 2.45) is 4.99 Å². The van der Waals surface area contributed by atoms with Crippen LogP contribution >= 0.6 is 0 Å². The summed E-state index contributed by atoms with van der Waals surface area (Å²) in [4.78, 5) is 4.68. The van der Waals surface area contributed by atoms with Crippen LogP contribution in [-0.4, -0.2) is 23.5 Å². The first-order valence-electron chi connectivity index (χ1n) is 9.04. The van der Waals surface area contributed by atoms with Gasteiger partial charge in [0, 0.05) is 17.8 Å². The maximum Gasteiger partial charge on any atom is 0.209 e. The highest BCUT2D eigenvalue weighted by Crippen LogP contribution is 2.39. The number of para-hydroxylation sites is 1. The molecule has 130 valence electrons. The number of hydrogen-bond acceptors (Lipinski definition) is 1. The van der Waals surface area contributed by atoms with Crippen LogP contribution in [0.2, 0.25) is 0 Å². The second kappa shape index (κ2) is 6.25. The molecule has 0 unspecified atom stereocenters. The second-order valence-corrected chi connectivity index (χ2v) is 8.46. The molecule has 0 aliphatic carbocycles. The van der Waals surface area contributed by atoms with Gasteiger partial charge in [0.2, 0.25) is 5.69 Å². The molecule has 0 N–H and O–H groups in total. The van der Waals surface area contributed by atoms with Gasteiger partial charge in [-0.05, 0) is 37.0 Å². The van der Waals surface area contributed by atoms with Gasteiger partial charge in [-0.1, -0.05) is 51.1 Å². The normalized spacial score (nSPS) is 16.6. The molecule has 1 aliphatic heterocycles. The highest BCUT2D eigenvalue weighted by Gasteiger charge is 2.43. The van der Waals surface area contributed by atoms with Gasteiger partial charge in [0.05, 0.1) is 17.5 Å². The van der Waals surface area contributed by atoms with Crippen LogP contribution in [0, 0.1) is 0 Å². The first-order valence-corrected chi connectivity index (χ1v) is 9.04. The third-order valence-corrected chi connectivity index (χ3v) is 5.32. The van der Waals surface area contributed by atoms with Gasteiger partial charge in [0.25, 0.3) is 0 Å². The standard InChI is InChI=1S/C23H29N2/c1-22(2,3)17-11-13-18(14-12-17)24-16-15-21-23(4,5)19-9-7-8-10-20(19)25(21)6/h7-14,16H,15H2,1-6H3/q+1. The van der Waals surface area contributed by atoms with Crippen molar-refractivity contribution >= 4 is 23.3 Å². The fourth-order valence-electron chi connectivity index (χ4n) is 3.69. The Labute approximate surface area is 151 Å². The zero-order valence-electron chi connectivity index (χ0n) is 16.3. The Morgan fingerprint density at radius 2 is 1.64 bits per heavy atom. The van der Waals surface area contributed by atoms with Crippen molar-refractivity contribution in [2.45, 2.75) is 51.9 Å². The molecule has 0 amide bonds. The van der Waals surface area contributed by atoms with Crippen LogP contribution in [0.1, 0.15) is 52.2 Å². The van der Waals surface area contributed by atoms with Crippen LogP contribution in [0.3, 0.4) is 0 Å². The van der Waals surface area contributed by atoms with Crippen LogP contribution in [-0.2, 0) is 10.8 Å². The lowest BCUT2D eigenvalue weighted by molar-refractivity contribution is -0.403. The molecule has 0 saturated carbocycles. The second-order valence-electron chi connectivity index (χ2n) is 8.46. The third kappa shape index (κ3) is 3.30. The molecule has 0 radical (unpaired) electrons. The highest BCUT2D eigenvalue weighted by molar-refractivity contribution is 6.02. The van der Waals surface area contributed by atoms with E-state index >= 15 is 0 Å². The largest absolute Gasteiger partial charge is 0.261 e. The molecule has 0 saturated heterocycles. The summed E-state index contributed by atoms with van der Waals surface area (Å²) in [6.07, 6.45) is 2.91. The molecule has 2 heteroatoms. The van der Waals surface area contributed by atoms with Gasteiger partial charge < -0.3 is 0 Å². The summed E-state index contributed by atoms with van der Waals surface area (Å²) in [6, 6.07) is 17.3. The van der Waals surface area contributed by atoms with E-state index < -0.39 is 0 Å². The Kier molecular flexibility index (Phi) is 4.40. The Morgan fingerprint density at radius 1 is 1.00 bits per heavy atom. The molecule has 2 aromatic carbocycles. The van der Waals surface area contributed by atoms with Crippen LogP contribution in [0.25, 0.3) is 0 Å². The molecule has 0 bridgehead atoms. The van der Waals surface area contributed by atoms with Crippen LogP contribution in [0.15, 0.2) is 53.5 Å². The highest BCUT2D eigenvalue weighted by atomic mass is 15.0. The van der Waals surface area contributed by atoms with Crippen molar-refractivity contribution < 1.29 is 4.58 Å². The molecule has 0 spiro atoms. The van der Waals surface area contributed by atoms with Crippen molar-refractivity contribution in [1.29, 1.82) is 0 Å². The minimum Gasteiger partial charge on any atom is -0.261 e. The molecule has 2 aromatic rings. The zero-order valence-corrected chi connectivity index (χ0v) is 16.3. The number of benzene rings is 2. The van der Waals surface area contributed by atoms with E-state index in [4.69, 9.17) is 0 Å². The average molecular weight is 333 g/mol. The molecular formula is C23H29N2+. The summed E-state index contributed by atoms with van der Waals surface area (Å²) in [5, 5.41) is 0.